The molecule has 0 unspecified atom stereocenters. The predicted octanol–water partition coefficient (Wildman–Crippen LogP) is 4.17. The molecule has 8 heteroatoms. The lowest BCUT2D eigenvalue weighted by Crippen LogP contribution is -2.47. The molecular weight excluding hydrogens is 474 g/mol. The van der Waals surface area contributed by atoms with Gasteiger partial charge in [-0.3, -0.25) is 4.79 Å². The number of esters is 1. The van der Waals surface area contributed by atoms with E-state index in [0.29, 0.717) is 17.0 Å². The molecule has 1 aliphatic heterocycles. The molecule has 1 aliphatic rings. The Morgan fingerprint density at radius 3 is 2.31 bits per heavy atom. The predicted molar refractivity (Wildman–Crippen MR) is 130 cm³/mol. The Bertz CT molecular complexity index is 954. The Balaban J connectivity index is 1.84. The van der Waals surface area contributed by atoms with Crippen molar-refractivity contribution in [1.29, 1.82) is 0 Å². The number of piperazine rings is 1. The molecule has 172 valence electrons. The number of ether oxygens (including phenoxy) is 2. The molecule has 0 saturated carbocycles. The summed E-state index contributed by atoms with van der Waals surface area (Å²) in [6.07, 6.45) is 0. The van der Waals surface area contributed by atoms with E-state index in [4.69, 9.17) is 9.47 Å². The number of hydrogen-bond acceptors (Lipinski definition) is 6. The highest BCUT2D eigenvalue weighted by molar-refractivity contribution is 9.10. The van der Waals surface area contributed by atoms with Crippen LogP contribution in [0.15, 0.2) is 46.9 Å². The van der Waals surface area contributed by atoms with E-state index >= 15 is 0 Å². The van der Waals surface area contributed by atoms with Crippen molar-refractivity contribution in [3.05, 3.63) is 52.5 Å². The second-order valence-corrected chi connectivity index (χ2v) is 9.08. The Labute approximate surface area is 197 Å². The van der Waals surface area contributed by atoms with Gasteiger partial charge in [-0.2, -0.15) is 0 Å². The summed E-state index contributed by atoms with van der Waals surface area (Å²) in [5.74, 6) is -0.170. The summed E-state index contributed by atoms with van der Waals surface area (Å²) >= 11 is 3.40. The Kier molecular flexibility index (Phi) is 7.79. The number of nitrogens with zero attached hydrogens (tertiary/aromatic N) is 2. The van der Waals surface area contributed by atoms with E-state index in [2.05, 4.69) is 38.0 Å². The molecule has 1 heterocycles. The van der Waals surface area contributed by atoms with Gasteiger partial charge in [-0.1, -0.05) is 22.9 Å². The first-order valence-corrected chi connectivity index (χ1v) is 11.5. The number of benzene rings is 2. The highest BCUT2D eigenvalue weighted by Crippen LogP contribution is 2.30. The SMILES string of the molecule is CCN1CCN(c2ccc(C(=O)OC)cc2NC(=O)C(C)(C)Oc2ccc(Br)cc2)CC1. The van der Waals surface area contributed by atoms with Crippen molar-refractivity contribution in [1.82, 2.24) is 4.90 Å². The fourth-order valence-corrected chi connectivity index (χ4v) is 3.84. The molecule has 1 amide bonds. The third kappa shape index (κ3) is 5.81. The van der Waals surface area contributed by atoms with Crippen LogP contribution in [0, 0.1) is 0 Å². The highest BCUT2D eigenvalue weighted by atomic mass is 79.9. The van der Waals surface area contributed by atoms with Crippen LogP contribution in [0.25, 0.3) is 0 Å². The second kappa shape index (κ2) is 10.4. The number of carbonyl (C=O) groups excluding carboxylic acids is 2. The lowest BCUT2D eigenvalue weighted by Gasteiger charge is -2.36. The maximum Gasteiger partial charge on any atom is 0.337 e. The minimum absolute atomic E-state index is 0.309. The lowest BCUT2D eigenvalue weighted by molar-refractivity contribution is -0.128. The fourth-order valence-electron chi connectivity index (χ4n) is 3.58. The average molecular weight is 504 g/mol. The monoisotopic (exact) mass is 503 g/mol. The van der Waals surface area contributed by atoms with Crippen LogP contribution in [0.1, 0.15) is 31.1 Å². The van der Waals surface area contributed by atoms with Crippen LogP contribution in [0.3, 0.4) is 0 Å². The van der Waals surface area contributed by atoms with Crippen LogP contribution in [0.5, 0.6) is 5.75 Å². The largest absolute Gasteiger partial charge is 0.478 e. The van der Waals surface area contributed by atoms with Gasteiger partial charge in [-0.15, -0.1) is 0 Å². The summed E-state index contributed by atoms with van der Waals surface area (Å²) in [6.45, 7) is 10.2. The van der Waals surface area contributed by atoms with Crippen molar-refractivity contribution in [2.24, 2.45) is 0 Å². The molecule has 1 N–H and O–H groups in total. The summed E-state index contributed by atoms with van der Waals surface area (Å²) in [5, 5.41) is 2.99. The lowest BCUT2D eigenvalue weighted by atomic mass is 10.1. The molecule has 0 radical (unpaired) electrons. The van der Waals surface area contributed by atoms with Crippen LogP contribution in [-0.2, 0) is 9.53 Å². The molecule has 2 aromatic rings. The first-order chi connectivity index (χ1) is 15.2. The molecule has 7 nitrogen and oxygen atoms in total. The van der Waals surface area contributed by atoms with Crippen molar-refractivity contribution in [2.75, 3.05) is 50.1 Å². The summed E-state index contributed by atoms with van der Waals surface area (Å²) in [6, 6.07) is 12.6. The average Bonchev–Trinajstić information content (AvgIpc) is 2.80. The fraction of sp³-hybridized carbons (Fsp3) is 0.417. The van der Waals surface area contributed by atoms with Gasteiger partial charge in [0.15, 0.2) is 5.60 Å². The zero-order chi connectivity index (χ0) is 23.3. The zero-order valence-electron chi connectivity index (χ0n) is 19.0. The Morgan fingerprint density at radius 1 is 1.06 bits per heavy atom. The van der Waals surface area contributed by atoms with Crippen LogP contribution < -0.4 is 15.0 Å². The molecule has 0 bridgehead atoms. The van der Waals surface area contributed by atoms with E-state index in [9.17, 15) is 9.59 Å². The van der Waals surface area contributed by atoms with Crippen molar-refractivity contribution >= 4 is 39.2 Å². The standard InChI is InChI=1S/C24H30BrN3O4/c1-5-27-12-14-28(15-13-27)21-11-6-17(22(29)31-4)16-20(21)26-23(30)24(2,3)32-19-9-7-18(25)8-10-19/h6-11,16H,5,12-15H2,1-4H3,(H,26,30). The van der Waals surface area contributed by atoms with Gasteiger partial charge in [-0.05, 0) is 62.9 Å². The van der Waals surface area contributed by atoms with Crippen LogP contribution >= 0.6 is 15.9 Å². The van der Waals surface area contributed by atoms with Gasteiger partial charge in [-0.25, -0.2) is 4.79 Å². The molecule has 0 aromatic heterocycles. The van der Waals surface area contributed by atoms with Gasteiger partial charge in [0.1, 0.15) is 5.75 Å². The number of likely N-dealkylation sites (N-methyl/N-ethyl adjacent to an activating group) is 1. The zero-order valence-corrected chi connectivity index (χ0v) is 20.6. The Morgan fingerprint density at radius 2 is 1.72 bits per heavy atom. The maximum atomic E-state index is 13.2. The molecule has 1 fully saturated rings. The molecule has 1 saturated heterocycles. The van der Waals surface area contributed by atoms with Gasteiger partial charge in [0.2, 0.25) is 0 Å². The van der Waals surface area contributed by atoms with Gasteiger partial charge in [0.25, 0.3) is 5.91 Å². The van der Waals surface area contributed by atoms with E-state index < -0.39 is 11.6 Å². The molecule has 3 rings (SSSR count). The van der Waals surface area contributed by atoms with Crippen LogP contribution in [0.2, 0.25) is 0 Å². The number of rotatable bonds is 7. The van der Waals surface area contributed by atoms with Gasteiger partial charge >= 0.3 is 5.97 Å². The van der Waals surface area contributed by atoms with Gasteiger partial charge in [0.05, 0.1) is 24.0 Å². The molecule has 0 atom stereocenters. The van der Waals surface area contributed by atoms with E-state index in [-0.39, 0.29) is 5.91 Å². The maximum absolute atomic E-state index is 13.2. The normalized spacial score (nSPS) is 14.7. The molecular formula is C24H30BrN3O4. The summed E-state index contributed by atoms with van der Waals surface area (Å²) in [4.78, 5) is 29.9. The van der Waals surface area contributed by atoms with E-state index in [1.165, 1.54) is 7.11 Å². The topological polar surface area (TPSA) is 71.1 Å². The molecule has 32 heavy (non-hydrogen) atoms. The first-order valence-electron chi connectivity index (χ1n) is 10.7. The molecule has 0 aliphatic carbocycles. The number of carbonyl (C=O) groups is 2. The summed E-state index contributed by atoms with van der Waals surface area (Å²) in [7, 11) is 1.34. The number of methoxy groups -OCH3 is 1. The second-order valence-electron chi connectivity index (χ2n) is 8.17. The molecule has 0 spiro atoms. The Hall–Kier alpha value is -2.58. The van der Waals surface area contributed by atoms with E-state index in [1.807, 2.05) is 18.2 Å². The first kappa shape index (κ1) is 24.1. The summed E-state index contributed by atoms with van der Waals surface area (Å²) < 4.78 is 11.8. The van der Waals surface area contributed by atoms with Crippen molar-refractivity contribution in [2.45, 2.75) is 26.4 Å². The molecule has 2 aromatic carbocycles. The smallest absolute Gasteiger partial charge is 0.337 e. The number of anilines is 2. The van der Waals surface area contributed by atoms with E-state index in [1.54, 1.807) is 38.1 Å². The van der Waals surface area contributed by atoms with Crippen LogP contribution in [-0.4, -0.2) is 62.2 Å². The summed E-state index contributed by atoms with van der Waals surface area (Å²) in [5.41, 5.74) is 0.690. The third-order valence-corrected chi connectivity index (χ3v) is 6.09. The van der Waals surface area contributed by atoms with Gasteiger partial charge in [0, 0.05) is 30.7 Å². The minimum Gasteiger partial charge on any atom is -0.478 e. The van der Waals surface area contributed by atoms with E-state index in [0.717, 1.165) is 42.9 Å². The third-order valence-electron chi connectivity index (χ3n) is 5.56. The highest BCUT2D eigenvalue weighted by Gasteiger charge is 2.31. The number of halogens is 1. The minimum atomic E-state index is -1.13. The quantitative estimate of drug-likeness (QED) is 0.571. The van der Waals surface area contributed by atoms with Crippen molar-refractivity contribution in [3.8, 4) is 5.75 Å². The number of hydrogen-bond donors (Lipinski definition) is 1. The number of nitrogens with one attached hydrogen (secondary N) is 1. The van der Waals surface area contributed by atoms with Crippen molar-refractivity contribution < 1.29 is 19.1 Å². The number of amides is 1. The van der Waals surface area contributed by atoms with Crippen molar-refractivity contribution in [3.63, 3.8) is 0 Å². The van der Waals surface area contributed by atoms with Gasteiger partial charge < -0.3 is 24.6 Å². The van der Waals surface area contributed by atoms with Crippen LogP contribution in [0.4, 0.5) is 11.4 Å².